The van der Waals surface area contributed by atoms with Crippen LogP contribution >= 0.6 is 0 Å². The third-order valence-corrected chi connectivity index (χ3v) is 6.37. The Bertz CT molecular complexity index is 1520. The number of hydrogen-bond donors (Lipinski definition) is 2. The average Bonchev–Trinajstić information content (AvgIpc) is 3.39. The summed E-state index contributed by atoms with van der Waals surface area (Å²) >= 11 is 0. The number of carbonyl (C=O) groups excluding carboxylic acids is 1. The molecule has 0 bridgehead atoms. The van der Waals surface area contributed by atoms with Gasteiger partial charge in [-0.2, -0.15) is 4.98 Å². The molecule has 5 rings (SSSR count). The smallest absolute Gasteiger partial charge is 0.255 e. The number of hydrogen-bond acceptors (Lipinski definition) is 9. The Labute approximate surface area is 225 Å². The van der Waals surface area contributed by atoms with E-state index in [4.69, 9.17) is 29.0 Å². The number of rotatable bonds is 8. The van der Waals surface area contributed by atoms with Gasteiger partial charge in [0.1, 0.15) is 11.8 Å². The molecule has 39 heavy (non-hydrogen) atoms. The molecule has 1 aliphatic rings. The number of allylic oxidation sites excluding steroid dienone is 1. The summed E-state index contributed by atoms with van der Waals surface area (Å²) < 4.78 is 23.9. The van der Waals surface area contributed by atoms with Gasteiger partial charge in [-0.1, -0.05) is 12.1 Å². The third-order valence-electron chi connectivity index (χ3n) is 6.37. The summed E-state index contributed by atoms with van der Waals surface area (Å²) in [7, 11) is 6.18. The summed E-state index contributed by atoms with van der Waals surface area (Å²) in [5, 5.41) is 11.0. The number of amides is 1. The van der Waals surface area contributed by atoms with Crippen molar-refractivity contribution >= 4 is 17.5 Å². The number of pyridine rings is 1. The molecular formula is C28H28N6O5. The Kier molecular flexibility index (Phi) is 7.04. The summed E-state index contributed by atoms with van der Waals surface area (Å²) in [6.07, 6.45) is 3.37. The summed E-state index contributed by atoms with van der Waals surface area (Å²) in [5.41, 5.74) is 2.99. The summed E-state index contributed by atoms with van der Waals surface area (Å²) in [4.78, 5) is 22.8. The molecule has 11 heteroatoms. The number of benzene rings is 2. The largest absolute Gasteiger partial charge is 0.495 e. The van der Waals surface area contributed by atoms with Gasteiger partial charge >= 0.3 is 0 Å². The van der Waals surface area contributed by atoms with Crippen LogP contribution in [0, 0.1) is 0 Å². The second kappa shape index (κ2) is 10.7. The van der Waals surface area contributed by atoms with Crippen molar-refractivity contribution in [3.8, 4) is 34.4 Å². The number of methoxy groups -OCH3 is 4. The van der Waals surface area contributed by atoms with Crippen LogP contribution < -0.4 is 29.6 Å². The monoisotopic (exact) mass is 528 g/mol. The molecule has 2 aromatic heterocycles. The van der Waals surface area contributed by atoms with Crippen LogP contribution in [-0.2, 0) is 4.79 Å². The number of nitrogens with one attached hydrogen (secondary N) is 2. The van der Waals surface area contributed by atoms with Crippen LogP contribution in [0.15, 0.2) is 72.2 Å². The van der Waals surface area contributed by atoms with Crippen LogP contribution in [0.25, 0.3) is 11.4 Å². The van der Waals surface area contributed by atoms with Gasteiger partial charge in [0.15, 0.2) is 17.3 Å². The number of para-hydroxylation sites is 2. The van der Waals surface area contributed by atoms with Crippen molar-refractivity contribution in [2.24, 2.45) is 0 Å². The molecule has 4 aromatic rings. The summed E-state index contributed by atoms with van der Waals surface area (Å²) in [6, 6.07) is 13.8. The van der Waals surface area contributed by atoms with Gasteiger partial charge in [-0.25, -0.2) is 4.68 Å². The predicted octanol–water partition coefficient (Wildman–Crippen LogP) is 4.30. The van der Waals surface area contributed by atoms with Gasteiger partial charge in [0.25, 0.3) is 5.91 Å². The first-order valence-corrected chi connectivity index (χ1v) is 12.1. The molecule has 11 nitrogen and oxygen atoms in total. The number of aromatic nitrogens is 4. The minimum Gasteiger partial charge on any atom is -0.495 e. The molecule has 0 radical (unpaired) electrons. The van der Waals surface area contributed by atoms with Crippen LogP contribution in [0.1, 0.15) is 18.5 Å². The lowest BCUT2D eigenvalue weighted by atomic mass is 9.94. The standard InChI is InChI=1S/C28H28N6O5/c1-16-23(27(35)31-19-10-6-7-11-20(19)36-2)24(18-13-21(37-3)25(39-5)22(14-18)38-4)34-28(30-16)32-26(33-34)17-9-8-12-29-15-17/h6-15,24H,1-5H3,(H,31,35)(H,30,32,33). The predicted molar refractivity (Wildman–Crippen MR) is 145 cm³/mol. The zero-order valence-corrected chi connectivity index (χ0v) is 22.2. The van der Waals surface area contributed by atoms with E-state index in [9.17, 15) is 4.79 Å². The maximum atomic E-state index is 13.9. The minimum atomic E-state index is -0.692. The van der Waals surface area contributed by atoms with E-state index < -0.39 is 6.04 Å². The van der Waals surface area contributed by atoms with E-state index in [1.54, 1.807) is 62.7 Å². The highest BCUT2D eigenvalue weighted by atomic mass is 16.5. The summed E-state index contributed by atoms with van der Waals surface area (Å²) in [5.74, 6) is 2.46. The van der Waals surface area contributed by atoms with Crippen LogP contribution in [0.4, 0.5) is 11.6 Å². The van der Waals surface area contributed by atoms with Crippen LogP contribution in [0.2, 0.25) is 0 Å². The van der Waals surface area contributed by atoms with E-state index in [1.165, 1.54) is 7.11 Å². The first-order chi connectivity index (χ1) is 19.0. The fraction of sp³-hybridized carbons (Fsp3) is 0.214. The van der Waals surface area contributed by atoms with Crippen molar-refractivity contribution in [2.45, 2.75) is 13.0 Å². The van der Waals surface area contributed by atoms with Crippen molar-refractivity contribution in [1.82, 2.24) is 19.7 Å². The number of nitrogens with zero attached hydrogens (tertiary/aromatic N) is 4. The molecule has 1 aliphatic heterocycles. The molecule has 0 aliphatic carbocycles. The van der Waals surface area contributed by atoms with Gasteiger partial charge in [-0.3, -0.25) is 9.78 Å². The number of anilines is 2. The highest BCUT2D eigenvalue weighted by molar-refractivity contribution is 6.06. The van der Waals surface area contributed by atoms with E-state index in [0.29, 0.717) is 57.3 Å². The van der Waals surface area contributed by atoms with Crippen molar-refractivity contribution in [1.29, 1.82) is 0 Å². The Morgan fingerprint density at radius 3 is 2.31 bits per heavy atom. The van der Waals surface area contributed by atoms with E-state index in [2.05, 4.69) is 15.6 Å². The first kappa shape index (κ1) is 25.6. The molecule has 1 atom stereocenters. The second-order valence-electron chi connectivity index (χ2n) is 8.62. The normalized spacial score (nSPS) is 14.2. The molecule has 2 aromatic carbocycles. The molecule has 0 saturated carbocycles. The number of carbonyl (C=O) groups is 1. The topological polar surface area (TPSA) is 122 Å². The Morgan fingerprint density at radius 1 is 0.949 bits per heavy atom. The van der Waals surface area contributed by atoms with E-state index in [1.807, 2.05) is 31.2 Å². The Balaban J connectivity index is 1.67. The van der Waals surface area contributed by atoms with E-state index in [-0.39, 0.29) is 5.91 Å². The maximum absolute atomic E-state index is 13.9. The zero-order valence-electron chi connectivity index (χ0n) is 22.2. The van der Waals surface area contributed by atoms with Crippen LogP contribution in [-0.4, -0.2) is 54.1 Å². The molecule has 0 spiro atoms. The van der Waals surface area contributed by atoms with E-state index >= 15 is 0 Å². The van der Waals surface area contributed by atoms with Gasteiger partial charge < -0.3 is 29.6 Å². The molecule has 1 unspecified atom stereocenters. The third kappa shape index (κ3) is 4.70. The highest BCUT2D eigenvalue weighted by Crippen LogP contribution is 2.44. The maximum Gasteiger partial charge on any atom is 0.255 e. The van der Waals surface area contributed by atoms with Crippen LogP contribution in [0.5, 0.6) is 23.0 Å². The van der Waals surface area contributed by atoms with Crippen molar-refractivity contribution in [2.75, 3.05) is 39.1 Å². The SMILES string of the molecule is COc1ccccc1NC(=O)C1=C(C)Nc2nc(-c3cccnc3)nn2C1c1cc(OC)c(OC)c(OC)c1. The number of ether oxygens (including phenoxy) is 4. The van der Waals surface area contributed by atoms with Crippen molar-refractivity contribution in [3.05, 3.63) is 77.8 Å². The lowest BCUT2D eigenvalue weighted by Crippen LogP contribution is -2.31. The Hall–Kier alpha value is -5.06. The Morgan fingerprint density at radius 2 is 1.67 bits per heavy atom. The fourth-order valence-electron chi connectivity index (χ4n) is 4.57. The number of fused-ring (bicyclic) bond motifs is 1. The molecule has 0 saturated heterocycles. The van der Waals surface area contributed by atoms with Gasteiger partial charge in [0.05, 0.1) is 39.7 Å². The lowest BCUT2D eigenvalue weighted by Gasteiger charge is -2.29. The van der Waals surface area contributed by atoms with Gasteiger partial charge in [0, 0.05) is 23.7 Å². The van der Waals surface area contributed by atoms with Crippen molar-refractivity contribution in [3.63, 3.8) is 0 Å². The zero-order chi connectivity index (χ0) is 27.5. The van der Waals surface area contributed by atoms with Gasteiger partial charge in [-0.15, -0.1) is 5.10 Å². The van der Waals surface area contributed by atoms with Gasteiger partial charge in [-0.05, 0) is 48.9 Å². The second-order valence-corrected chi connectivity index (χ2v) is 8.62. The summed E-state index contributed by atoms with van der Waals surface area (Å²) in [6.45, 7) is 1.82. The van der Waals surface area contributed by atoms with Crippen molar-refractivity contribution < 1.29 is 23.7 Å². The molecule has 1 amide bonds. The minimum absolute atomic E-state index is 0.340. The quantitative estimate of drug-likeness (QED) is 0.345. The van der Waals surface area contributed by atoms with Gasteiger partial charge in [0.2, 0.25) is 11.7 Å². The molecule has 200 valence electrons. The molecule has 0 fully saturated rings. The van der Waals surface area contributed by atoms with Crippen LogP contribution in [0.3, 0.4) is 0 Å². The molecular weight excluding hydrogens is 500 g/mol. The molecule has 2 N–H and O–H groups in total. The van der Waals surface area contributed by atoms with E-state index in [0.717, 1.165) is 5.56 Å². The lowest BCUT2D eigenvalue weighted by molar-refractivity contribution is -0.113. The highest BCUT2D eigenvalue weighted by Gasteiger charge is 2.36. The molecule has 3 heterocycles. The average molecular weight is 529 g/mol. The fourth-order valence-corrected chi connectivity index (χ4v) is 4.57. The first-order valence-electron chi connectivity index (χ1n) is 12.1.